The van der Waals surface area contributed by atoms with Gasteiger partial charge in [0.15, 0.2) is 22.3 Å². The summed E-state index contributed by atoms with van der Waals surface area (Å²) in [5, 5.41) is 14.0. The van der Waals surface area contributed by atoms with Crippen LogP contribution in [0.2, 0.25) is 0 Å². The Morgan fingerprint density at radius 1 is 0.963 bits per heavy atom. The van der Waals surface area contributed by atoms with Crippen molar-refractivity contribution in [2.75, 3.05) is 14.2 Å². The number of methoxy groups -OCH3 is 2. The maximum absolute atomic E-state index is 5.96. The summed E-state index contributed by atoms with van der Waals surface area (Å²) in [5.41, 5.74) is 0.841. The number of benzene rings is 2. The van der Waals surface area contributed by atoms with Crippen molar-refractivity contribution in [3.63, 3.8) is 0 Å². The zero-order valence-electron chi connectivity index (χ0n) is 15.1. The van der Waals surface area contributed by atoms with Gasteiger partial charge in [-0.3, -0.25) is 0 Å². The first-order chi connectivity index (χ1) is 13.2. The fourth-order valence-electron chi connectivity index (χ4n) is 2.70. The second-order valence-corrected chi connectivity index (χ2v) is 6.79. The van der Waals surface area contributed by atoms with Gasteiger partial charge in [-0.25, -0.2) is 0 Å². The molecule has 0 radical (unpaired) electrons. The van der Waals surface area contributed by atoms with Crippen molar-refractivity contribution < 1.29 is 14.2 Å². The largest absolute Gasteiger partial charge is 0.493 e. The molecule has 2 aromatic carbocycles. The molecule has 0 aliphatic carbocycles. The number of fused-ring (bicyclic) bond motifs is 1. The molecule has 0 aliphatic heterocycles. The van der Waals surface area contributed by atoms with Crippen LogP contribution in [0.3, 0.4) is 0 Å². The first kappa shape index (κ1) is 17.3. The SMILES string of the molecule is COc1ccc(-c2nnc3sc([C@H](C)Oc4ccccc4)nn23)cc1OC. The minimum Gasteiger partial charge on any atom is -0.493 e. The van der Waals surface area contributed by atoms with Crippen LogP contribution in [0.15, 0.2) is 48.5 Å². The van der Waals surface area contributed by atoms with Crippen molar-refractivity contribution in [3.05, 3.63) is 53.5 Å². The highest BCUT2D eigenvalue weighted by atomic mass is 32.1. The number of rotatable bonds is 6. The fraction of sp³-hybridized carbons (Fsp3) is 0.211. The molecule has 0 amide bonds. The number of nitrogens with zero attached hydrogens (tertiary/aromatic N) is 4. The maximum atomic E-state index is 5.96. The predicted octanol–water partition coefficient (Wildman–Crippen LogP) is 4.01. The monoisotopic (exact) mass is 382 g/mol. The van der Waals surface area contributed by atoms with Crippen molar-refractivity contribution in [2.24, 2.45) is 0 Å². The topological polar surface area (TPSA) is 70.8 Å². The van der Waals surface area contributed by atoms with Gasteiger partial charge in [-0.1, -0.05) is 29.5 Å². The van der Waals surface area contributed by atoms with Crippen LogP contribution in [0.1, 0.15) is 18.0 Å². The average molecular weight is 382 g/mol. The zero-order chi connectivity index (χ0) is 18.8. The van der Waals surface area contributed by atoms with E-state index in [0.717, 1.165) is 16.3 Å². The van der Waals surface area contributed by atoms with E-state index in [1.807, 2.05) is 55.5 Å². The van der Waals surface area contributed by atoms with Crippen LogP contribution >= 0.6 is 11.3 Å². The van der Waals surface area contributed by atoms with E-state index in [2.05, 4.69) is 15.3 Å². The molecule has 0 aliphatic rings. The third-order valence-electron chi connectivity index (χ3n) is 4.05. The van der Waals surface area contributed by atoms with E-state index in [0.29, 0.717) is 22.3 Å². The summed E-state index contributed by atoms with van der Waals surface area (Å²) in [4.78, 5) is 0.707. The minimum absolute atomic E-state index is 0.197. The van der Waals surface area contributed by atoms with E-state index in [-0.39, 0.29) is 6.10 Å². The van der Waals surface area contributed by atoms with Crippen LogP contribution in [0, 0.1) is 0 Å². The molecule has 8 heteroatoms. The Bertz CT molecular complexity index is 1060. The van der Waals surface area contributed by atoms with Gasteiger partial charge in [0.2, 0.25) is 4.96 Å². The van der Waals surface area contributed by atoms with Crippen LogP contribution in [-0.4, -0.2) is 34.0 Å². The Morgan fingerprint density at radius 3 is 2.48 bits per heavy atom. The lowest BCUT2D eigenvalue weighted by molar-refractivity contribution is 0.225. The van der Waals surface area contributed by atoms with Crippen LogP contribution in [0.25, 0.3) is 16.3 Å². The third kappa shape index (κ3) is 3.31. The molecule has 138 valence electrons. The van der Waals surface area contributed by atoms with Gasteiger partial charge in [0.25, 0.3) is 0 Å². The van der Waals surface area contributed by atoms with Gasteiger partial charge in [0.1, 0.15) is 11.9 Å². The van der Waals surface area contributed by atoms with Gasteiger partial charge in [-0.05, 0) is 37.3 Å². The lowest BCUT2D eigenvalue weighted by atomic mass is 10.2. The van der Waals surface area contributed by atoms with E-state index in [1.165, 1.54) is 11.3 Å². The summed E-state index contributed by atoms with van der Waals surface area (Å²) >= 11 is 1.46. The summed E-state index contributed by atoms with van der Waals surface area (Å²) in [7, 11) is 3.21. The molecule has 0 bridgehead atoms. The predicted molar refractivity (Wildman–Crippen MR) is 103 cm³/mol. The van der Waals surface area contributed by atoms with Crippen LogP contribution in [0.4, 0.5) is 0 Å². The van der Waals surface area contributed by atoms with E-state index < -0.39 is 0 Å². The molecule has 0 saturated heterocycles. The molecule has 0 fully saturated rings. The summed E-state index contributed by atoms with van der Waals surface area (Å²) in [6, 6.07) is 15.3. The van der Waals surface area contributed by atoms with Crippen molar-refractivity contribution in [1.29, 1.82) is 0 Å². The van der Waals surface area contributed by atoms with Crippen molar-refractivity contribution in [3.8, 4) is 28.6 Å². The molecular formula is C19H18N4O3S. The molecule has 4 aromatic rings. The summed E-state index contributed by atoms with van der Waals surface area (Å²) in [5.74, 6) is 2.73. The summed E-state index contributed by atoms with van der Waals surface area (Å²) in [6.45, 7) is 1.97. The molecule has 0 unspecified atom stereocenters. The molecule has 2 heterocycles. The number of hydrogen-bond donors (Lipinski definition) is 0. The molecular weight excluding hydrogens is 364 g/mol. The first-order valence-corrected chi connectivity index (χ1v) is 9.17. The molecule has 4 rings (SSSR count). The number of ether oxygens (including phenoxy) is 3. The Morgan fingerprint density at radius 2 is 1.74 bits per heavy atom. The second-order valence-electron chi connectivity index (χ2n) is 5.80. The molecule has 7 nitrogen and oxygen atoms in total. The van der Waals surface area contributed by atoms with E-state index in [1.54, 1.807) is 18.7 Å². The van der Waals surface area contributed by atoms with Gasteiger partial charge in [-0.15, -0.1) is 10.2 Å². The average Bonchev–Trinajstić information content (AvgIpc) is 3.29. The van der Waals surface area contributed by atoms with E-state index in [4.69, 9.17) is 14.2 Å². The highest BCUT2D eigenvalue weighted by Crippen LogP contribution is 2.33. The van der Waals surface area contributed by atoms with Crippen molar-refractivity contribution >= 4 is 16.3 Å². The van der Waals surface area contributed by atoms with Gasteiger partial charge < -0.3 is 14.2 Å². The quantitative estimate of drug-likeness (QED) is 0.502. The van der Waals surface area contributed by atoms with Crippen LogP contribution in [0.5, 0.6) is 17.2 Å². The molecule has 0 N–H and O–H groups in total. The van der Waals surface area contributed by atoms with Gasteiger partial charge in [-0.2, -0.15) is 9.61 Å². The highest BCUT2D eigenvalue weighted by molar-refractivity contribution is 7.16. The second kappa shape index (κ2) is 7.24. The lowest BCUT2D eigenvalue weighted by Gasteiger charge is -2.11. The number of hydrogen-bond acceptors (Lipinski definition) is 7. The molecule has 1 atom stereocenters. The lowest BCUT2D eigenvalue weighted by Crippen LogP contribution is -2.03. The normalized spacial score (nSPS) is 12.1. The molecule has 0 spiro atoms. The minimum atomic E-state index is -0.197. The van der Waals surface area contributed by atoms with Crippen LogP contribution < -0.4 is 14.2 Å². The fourth-order valence-corrected chi connectivity index (χ4v) is 3.52. The standard InChI is InChI=1S/C19H18N4O3S/c1-12(26-14-7-5-4-6-8-14)18-22-23-17(20-21-19(23)27-18)13-9-10-15(24-2)16(11-13)25-3/h4-12H,1-3H3/t12-/m0/s1. The highest BCUT2D eigenvalue weighted by Gasteiger charge is 2.19. The van der Waals surface area contributed by atoms with Gasteiger partial charge in [0.05, 0.1) is 14.2 Å². The van der Waals surface area contributed by atoms with Gasteiger partial charge >= 0.3 is 0 Å². The van der Waals surface area contributed by atoms with Gasteiger partial charge in [0, 0.05) is 5.56 Å². The molecule has 2 aromatic heterocycles. The van der Waals surface area contributed by atoms with E-state index in [9.17, 15) is 0 Å². The van der Waals surface area contributed by atoms with Crippen molar-refractivity contribution in [2.45, 2.75) is 13.0 Å². The molecule has 0 saturated carbocycles. The Labute approximate surface area is 160 Å². The smallest absolute Gasteiger partial charge is 0.235 e. The third-order valence-corrected chi connectivity index (χ3v) is 5.11. The van der Waals surface area contributed by atoms with Crippen LogP contribution in [-0.2, 0) is 0 Å². The first-order valence-electron chi connectivity index (χ1n) is 8.36. The zero-order valence-corrected chi connectivity index (χ0v) is 15.9. The summed E-state index contributed by atoms with van der Waals surface area (Å²) in [6.07, 6.45) is -0.197. The number of para-hydroxylation sites is 1. The maximum Gasteiger partial charge on any atom is 0.235 e. The Balaban J connectivity index is 1.66. The Kier molecular flexibility index (Phi) is 4.64. The number of aromatic nitrogens is 4. The molecule has 27 heavy (non-hydrogen) atoms. The Hall–Kier alpha value is -3.13. The van der Waals surface area contributed by atoms with Crippen molar-refractivity contribution in [1.82, 2.24) is 19.8 Å². The van der Waals surface area contributed by atoms with E-state index >= 15 is 0 Å². The summed E-state index contributed by atoms with van der Waals surface area (Å²) < 4.78 is 18.4.